The van der Waals surface area contributed by atoms with Gasteiger partial charge in [-0.2, -0.15) is 5.26 Å². The van der Waals surface area contributed by atoms with Gasteiger partial charge in [-0.25, -0.2) is 8.42 Å². The zero-order valence-corrected chi connectivity index (χ0v) is 12.6. The highest BCUT2D eigenvalue weighted by Crippen LogP contribution is 2.26. The predicted octanol–water partition coefficient (Wildman–Crippen LogP) is 0.483. The van der Waals surface area contributed by atoms with E-state index in [0.717, 1.165) is 26.2 Å². The van der Waals surface area contributed by atoms with Crippen LogP contribution in [-0.4, -0.2) is 51.8 Å². The molecule has 1 N–H and O–H groups in total. The number of hydrogen-bond acceptors (Lipinski definition) is 5. The molecule has 0 amide bonds. The first kappa shape index (κ1) is 14.5. The summed E-state index contributed by atoms with van der Waals surface area (Å²) >= 11 is 0. The molecule has 0 aliphatic carbocycles. The van der Waals surface area contributed by atoms with E-state index in [4.69, 9.17) is 5.26 Å². The van der Waals surface area contributed by atoms with Crippen molar-refractivity contribution in [1.29, 1.82) is 5.26 Å². The van der Waals surface area contributed by atoms with Crippen molar-refractivity contribution >= 4 is 9.84 Å². The van der Waals surface area contributed by atoms with Gasteiger partial charge >= 0.3 is 0 Å². The molecule has 2 atom stereocenters. The number of nitriles is 1. The van der Waals surface area contributed by atoms with E-state index in [1.807, 2.05) is 6.07 Å². The molecule has 3 rings (SSSR count). The molecule has 0 unspecified atom stereocenters. The van der Waals surface area contributed by atoms with E-state index < -0.39 is 9.84 Å². The van der Waals surface area contributed by atoms with Crippen LogP contribution in [0.2, 0.25) is 0 Å². The minimum Gasteiger partial charge on any atom is -0.316 e. The fourth-order valence-corrected chi connectivity index (χ4v) is 4.52. The van der Waals surface area contributed by atoms with Crippen LogP contribution in [0.1, 0.15) is 5.56 Å². The summed E-state index contributed by atoms with van der Waals surface area (Å²) in [5, 5.41) is 12.1. The summed E-state index contributed by atoms with van der Waals surface area (Å²) in [7, 11) is -3.26. The normalized spacial score (nSPS) is 25.7. The molecule has 2 saturated heterocycles. The lowest BCUT2D eigenvalue weighted by molar-refractivity contribution is 0.331. The molecule has 2 aliphatic heterocycles. The molecule has 21 heavy (non-hydrogen) atoms. The van der Waals surface area contributed by atoms with Crippen LogP contribution in [0.25, 0.3) is 0 Å². The molecule has 0 aromatic heterocycles. The van der Waals surface area contributed by atoms with Gasteiger partial charge in [-0.3, -0.25) is 0 Å². The Kier molecular flexibility index (Phi) is 3.98. The van der Waals surface area contributed by atoms with Gasteiger partial charge in [-0.05, 0) is 49.2 Å². The van der Waals surface area contributed by atoms with Crippen molar-refractivity contribution in [3.63, 3.8) is 0 Å². The van der Waals surface area contributed by atoms with Crippen LogP contribution in [0.3, 0.4) is 0 Å². The van der Waals surface area contributed by atoms with Crippen LogP contribution in [0, 0.1) is 23.2 Å². The predicted molar refractivity (Wildman–Crippen MR) is 79.5 cm³/mol. The molecule has 2 fully saturated rings. The first-order valence-corrected chi connectivity index (χ1v) is 8.90. The molecule has 5 nitrogen and oxygen atoms in total. The van der Waals surface area contributed by atoms with Gasteiger partial charge in [0.25, 0.3) is 0 Å². The van der Waals surface area contributed by atoms with Gasteiger partial charge in [0.15, 0.2) is 9.84 Å². The van der Waals surface area contributed by atoms with Crippen LogP contribution >= 0.6 is 0 Å². The standard InChI is InChI=1S/C15H19N3O2S/c16-7-12-1-3-15(4-2-12)21(19,20)6-5-18-10-13-8-17-9-14(13)11-18/h1-4,13-14,17H,5-6,8-11H2/t13-,14+. The van der Waals surface area contributed by atoms with Crippen molar-refractivity contribution in [2.24, 2.45) is 11.8 Å². The molecule has 1 aromatic rings. The van der Waals surface area contributed by atoms with Crippen molar-refractivity contribution < 1.29 is 8.42 Å². The summed E-state index contributed by atoms with van der Waals surface area (Å²) in [6.45, 7) is 4.71. The van der Waals surface area contributed by atoms with Gasteiger partial charge < -0.3 is 10.2 Å². The second kappa shape index (κ2) is 5.76. The number of nitrogens with one attached hydrogen (secondary N) is 1. The number of nitrogens with zero attached hydrogens (tertiary/aromatic N) is 2. The van der Waals surface area contributed by atoms with E-state index >= 15 is 0 Å². The average Bonchev–Trinajstić information content (AvgIpc) is 3.06. The second-order valence-electron chi connectivity index (χ2n) is 5.89. The van der Waals surface area contributed by atoms with E-state index in [-0.39, 0.29) is 5.75 Å². The third-order valence-corrected chi connectivity index (χ3v) is 6.19. The maximum atomic E-state index is 12.3. The number of rotatable bonds is 4. The third kappa shape index (κ3) is 3.10. The Labute approximate surface area is 125 Å². The molecule has 1 aromatic carbocycles. The third-order valence-electron chi connectivity index (χ3n) is 4.48. The Morgan fingerprint density at radius 1 is 1.19 bits per heavy atom. The monoisotopic (exact) mass is 305 g/mol. The Balaban J connectivity index is 1.60. The Morgan fingerprint density at radius 3 is 2.38 bits per heavy atom. The van der Waals surface area contributed by atoms with Gasteiger partial charge in [0, 0.05) is 19.6 Å². The van der Waals surface area contributed by atoms with Gasteiger partial charge in [0.05, 0.1) is 22.3 Å². The minimum atomic E-state index is -3.26. The molecule has 112 valence electrons. The topological polar surface area (TPSA) is 73.2 Å². The van der Waals surface area contributed by atoms with Crippen molar-refractivity contribution in [1.82, 2.24) is 10.2 Å². The molecule has 6 heteroatoms. The summed E-state index contributed by atoms with van der Waals surface area (Å²) in [4.78, 5) is 2.57. The first-order chi connectivity index (χ1) is 10.1. The molecule has 2 aliphatic rings. The lowest BCUT2D eigenvalue weighted by Crippen LogP contribution is -2.30. The lowest BCUT2D eigenvalue weighted by atomic mass is 10.0. The van der Waals surface area contributed by atoms with Crippen molar-refractivity contribution in [2.45, 2.75) is 4.90 Å². The van der Waals surface area contributed by atoms with Crippen LogP contribution in [0.15, 0.2) is 29.2 Å². The van der Waals surface area contributed by atoms with Gasteiger partial charge in [-0.15, -0.1) is 0 Å². The van der Waals surface area contributed by atoms with Crippen LogP contribution in [-0.2, 0) is 9.84 Å². The molecule has 0 radical (unpaired) electrons. The minimum absolute atomic E-state index is 0.145. The van der Waals surface area contributed by atoms with E-state index in [0.29, 0.717) is 28.8 Å². The molecular weight excluding hydrogens is 286 g/mol. The van der Waals surface area contributed by atoms with Gasteiger partial charge in [0.2, 0.25) is 0 Å². The molecule has 2 heterocycles. The van der Waals surface area contributed by atoms with Crippen molar-refractivity contribution in [3.05, 3.63) is 29.8 Å². The molecule has 0 spiro atoms. The zero-order chi connectivity index (χ0) is 14.9. The van der Waals surface area contributed by atoms with Crippen molar-refractivity contribution in [2.75, 3.05) is 38.5 Å². The summed E-state index contributed by atoms with van der Waals surface area (Å²) in [5.74, 6) is 1.51. The van der Waals surface area contributed by atoms with E-state index in [1.54, 1.807) is 12.1 Å². The Morgan fingerprint density at radius 2 is 1.81 bits per heavy atom. The van der Waals surface area contributed by atoms with Crippen molar-refractivity contribution in [3.8, 4) is 6.07 Å². The zero-order valence-electron chi connectivity index (χ0n) is 11.8. The Bertz CT molecular complexity index is 636. The highest BCUT2D eigenvalue weighted by molar-refractivity contribution is 7.91. The largest absolute Gasteiger partial charge is 0.316 e. The Hall–Kier alpha value is -1.42. The molecular formula is C15H19N3O2S. The maximum absolute atomic E-state index is 12.3. The molecule has 0 saturated carbocycles. The highest BCUT2D eigenvalue weighted by atomic mass is 32.2. The van der Waals surface area contributed by atoms with E-state index in [9.17, 15) is 8.42 Å². The fourth-order valence-electron chi connectivity index (χ4n) is 3.24. The summed E-state index contributed by atoms with van der Waals surface area (Å²) < 4.78 is 24.6. The number of benzene rings is 1. The number of likely N-dealkylation sites (tertiary alicyclic amines) is 1. The number of hydrogen-bond donors (Lipinski definition) is 1. The van der Waals surface area contributed by atoms with Crippen LogP contribution in [0.5, 0.6) is 0 Å². The average molecular weight is 305 g/mol. The van der Waals surface area contributed by atoms with Gasteiger partial charge in [-0.1, -0.05) is 0 Å². The van der Waals surface area contributed by atoms with Crippen LogP contribution < -0.4 is 5.32 Å². The maximum Gasteiger partial charge on any atom is 0.179 e. The second-order valence-corrected chi connectivity index (χ2v) is 8.00. The van der Waals surface area contributed by atoms with Crippen LogP contribution in [0.4, 0.5) is 0 Å². The number of fused-ring (bicyclic) bond motifs is 1. The summed E-state index contributed by atoms with van der Waals surface area (Å²) in [6, 6.07) is 8.15. The van der Waals surface area contributed by atoms with E-state index in [1.165, 1.54) is 12.1 Å². The molecule has 0 bridgehead atoms. The van der Waals surface area contributed by atoms with E-state index in [2.05, 4.69) is 10.2 Å². The summed E-state index contributed by atoms with van der Waals surface area (Å²) in [6.07, 6.45) is 0. The fraction of sp³-hybridized carbons (Fsp3) is 0.533. The lowest BCUT2D eigenvalue weighted by Gasteiger charge is -2.16. The first-order valence-electron chi connectivity index (χ1n) is 7.24. The number of sulfone groups is 1. The smallest absolute Gasteiger partial charge is 0.179 e. The van der Waals surface area contributed by atoms with Gasteiger partial charge in [0.1, 0.15) is 0 Å². The highest BCUT2D eigenvalue weighted by Gasteiger charge is 2.36. The SMILES string of the molecule is N#Cc1ccc(S(=O)(=O)CCN2C[C@H]3CNC[C@H]3C2)cc1. The quantitative estimate of drug-likeness (QED) is 0.876. The summed E-state index contributed by atoms with van der Waals surface area (Å²) in [5.41, 5.74) is 0.480.